The molecule has 158 valence electrons. The number of amides is 1. The number of benzene rings is 1. The van der Waals surface area contributed by atoms with Gasteiger partial charge in [-0.2, -0.15) is 5.10 Å². The molecule has 1 spiro atoms. The lowest BCUT2D eigenvalue weighted by Gasteiger charge is -2.44. The second kappa shape index (κ2) is 7.50. The van der Waals surface area contributed by atoms with Gasteiger partial charge in [-0.25, -0.2) is 9.67 Å². The van der Waals surface area contributed by atoms with Crippen molar-refractivity contribution in [2.24, 2.45) is 0 Å². The standard InChI is InChI=1S/C23H21ClN4O3/c1-15-18(14-26-28(15)21-4-2-3-9-25-21)22(30)27-10-7-23(8-11-27)13-19(29)17-12-16(24)5-6-20(17)31-23/h2-6,9,12,14H,7-8,10-11,13H2,1H3. The first-order chi connectivity index (χ1) is 15.0. The van der Waals surface area contributed by atoms with Crippen molar-refractivity contribution in [2.75, 3.05) is 13.1 Å². The normalized spacial score (nSPS) is 17.4. The predicted octanol–water partition coefficient (Wildman–Crippen LogP) is 3.87. The minimum Gasteiger partial charge on any atom is -0.486 e. The van der Waals surface area contributed by atoms with Gasteiger partial charge < -0.3 is 9.64 Å². The number of rotatable bonds is 2. The summed E-state index contributed by atoms with van der Waals surface area (Å²) in [6.45, 7) is 2.90. The van der Waals surface area contributed by atoms with Crippen LogP contribution in [0.3, 0.4) is 0 Å². The molecule has 0 unspecified atom stereocenters. The Hall–Kier alpha value is -3.19. The molecule has 7 nitrogen and oxygen atoms in total. The van der Waals surface area contributed by atoms with Crippen molar-refractivity contribution in [1.29, 1.82) is 0 Å². The first-order valence-corrected chi connectivity index (χ1v) is 10.6. The minimum atomic E-state index is -0.568. The van der Waals surface area contributed by atoms with E-state index in [1.54, 1.807) is 35.3 Å². The molecule has 1 saturated heterocycles. The number of fused-ring (bicyclic) bond motifs is 1. The molecule has 0 N–H and O–H groups in total. The van der Waals surface area contributed by atoms with Crippen LogP contribution in [0.1, 0.15) is 45.7 Å². The quantitative estimate of drug-likeness (QED) is 0.609. The van der Waals surface area contributed by atoms with E-state index in [4.69, 9.17) is 16.3 Å². The monoisotopic (exact) mass is 436 g/mol. The molecule has 2 aliphatic rings. The highest BCUT2D eigenvalue weighted by atomic mass is 35.5. The summed E-state index contributed by atoms with van der Waals surface area (Å²) in [5.41, 5.74) is 1.28. The third kappa shape index (κ3) is 3.49. The van der Waals surface area contributed by atoms with Gasteiger partial charge in [-0.1, -0.05) is 17.7 Å². The zero-order valence-electron chi connectivity index (χ0n) is 17.0. The second-order valence-electron chi connectivity index (χ2n) is 8.06. The zero-order valence-corrected chi connectivity index (χ0v) is 17.8. The van der Waals surface area contributed by atoms with Crippen LogP contribution in [-0.2, 0) is 0 Å². The van der Waals surface area contributed by atoms with Crippen LogP contribution in [0, 0.1) is 6.92 Å². The van der Waals surface area contributed by atoms with Crippen LogP contribution in [0.15, 0.2) is 48.8 Å². The molecule has 3 aromatic rings. The summed E-state index contributed by atoms with van der Waals surface area (Å²) in [6, 6.07) is 10.7. The molecule has 0 atom stereocenters. The number of ketones is 1. The maximum absolute atomic E-state index is 13.2. The van der Waals surface area contributed by atoms with Gasteiger partial charge in [-0.3, -0.25) is 9.59 Å². The van der Waals surface area contributed by atoms with E-state index in [0.29, 0.717) is 60.1 Å². The first-order valence-electron chi connectivity index (χ1n) is 10.2. The van der Waals surface area contributed by atoms with Crippen LogP contribution in [0.2, 0.25) is 5.02 Å². The minimum absolute atomic E-state index is 0.0380. The summed E-state index contributed by atoms with van der Waals surface area (Å²) < 4.78 is 7.93. The van der Waals surface area contributed by atoms with Gasteiger partial charge in [0.2, 0.25) is 0 Å². The number of halogens is 1. The molecular formula is C23H21ClN4O3. The molecule has 2 aliphatic heterocycles. The number of ether oxygens (including phenoxy) is 1. The number of pyridine rings is 1. The molecule has 0 aliphatic carbocycles. The lowest BCUT2D eigenvalue weighted by Crippen LogP contribution is -2.52. The number of hydrogen-bond donors (Lipinski definition) is 0. The Labute approximate surface area is 184 Å². The highest BCUT2D eigenvalue weighted by Gasteiger charge is 2.44. The van der Waals surface area contributed by atoms with Crippen LogP contribution < -0.4 is 4.74 Å². The van der Waals surface area contributed by atoms with E-state index in [1.807, 2.05) is 30.0 Å². The summed E-state index contributed by atoms with van der Waals surface area (Å²) >= 11 is 6.02. The molecule has 0 bridgehead atoms. The fourth-order valence-corrected chi connectivity index (χ4v) is 4.53. The largest absolute Gasteiger partial charge is 0.486 e. The Morgan fingerprint density at radius 3 is 2.74 bits per heavy atom. The van der Waals surface area contributed by atoms with Gasteiger partial charge >= 0.3 is 0 Å². The van der Waals surface area contributed by atoms with E-state index in [9.17, 15) is 9.59 Å². The third-order valence-corrected chi connectivity index (χ3v) is 6.35. The van der Waals surface area contributed by atoms with Crippen LogP contribution in [0.5, 0.6) is 5.75 Å². The highest BCUT2D eigenvalue weighted by molar-refractivity contribution is 6.31. The van der Waals surface area contributed by atoms with Crippen molar-refractivity contribution in [3.8, 4) is 11.6 Å². The first kappa shape index (κ1) is 19.8. The summed E-state index contributed by atoms with van der Waals surface area (Å²) in [6.07, 6.45) is 4.79. The molecule has 31 heavy (non-hydrogen) atoms. The number of Topliss-reactive ketones (excluding diaryl/α,β-unsaturated/α-hetero) is 1. The Kier molecular flexibility index (Phi) is 4.78. The van der Waals surface area contributed by atoms with E-state index in [2.05, 4.69) is 10.1 Å². The summed E-state index contributed by atoms with van der Waals surface area (Å²) in [5.74, 6) is 1.22. The van der Waals surface area contributed by atoms with Crippen LogP contribution in [0.4, 0.5) is 0 Å². The molecule has 1 amide bonds. The van der Waals surface area contributed by atoms with E-state index in [-0.39, 0.29) is 11.7 Å². The fraction of sp³-hybridized carbons (Fsp3) is 0.304. The van der Waals surface area contributed by atoms with Gasteiger partial charge in [0.05, 0.1) is 29.4 Å². The van der Waals surface area contributed by atoms with Crippen LogP contribution in [-0.4, -0.2) is 50.0 Å². The smallest absolute Gasteiger partial charge is 0.257 e. The van der Waals surface area contributed by atoms with E-state index >= 15 is 0 Å². The van der Waals surface area contributed by atoms with Gasteiger partial charge in [0.15, 0.2) is 11.6 Å². The van der Waals surface area contributed by atoms with Gasteiger partial charge in [0, 0.05) is 37.2 Å². The molecule has 1 aromatic carbocycles. The second-order valence-corrected chi connectivity index (χ2v) is 8.50. The van der Waals surface area contributed by atoms with Crippen molar-refractivity contribution in [3.63, 3.8) is 0 Å². The van der Waals surface area contributed by atoms with Crippen molar-refractivity contribution >= 4 is 23.3 Å². The molecule has 0 saturated carbocycles. The van der Waals surface area contributed by atoms with Crippen LogP contribution in [0.25, 0.3) is 5.82 Å². The molecule has 5 rings (SSSR count). The van der Waals surface area contributed by atoms with E-state index in [0.717, 1.165) is 5.69 Å². The predicted molar refractivity (Wildman–Crippen MR) is 115 cm³/mol. The van der Waals surface area contributed by atoms with Gasteiger partial charge in [0.1, 0.15) is 11.4 Å². The number of hydrogen-bond acceptors (Lipinski definition) is 5. The molecule has 8 heteroatoms. The fourth-order valence-electron chi connectivity index (χ4n) is 4.36. The topological polar surface area (TPSA) is 77.3 Å². The Morgan fingerprint density at radius 1 is 1.19 bits per heavy atom. The Morgan fingerprint density at radius 2 is 2.00 bits per heavy atom. The maximum Gasteiger partial charge on any atom is 0.257 e. The Bertz CT molecular complexity index is 1170. The molecule has 1 fully saturated rings. The van der Waals surface area contributed by atoms with E-state index in [1.165, 1.54) is 0 Å². The molecule has 4 heterocycles. The van der Waals surface area contributed by atoms with Gasteiger partial charge in [-0.05, 0) is 37.3 Å². The summed E-state index contributed by atoms with van der Waals surface area (Å²) in [5, 5.41) is 4.88. The molecule has 0 radical (unpaired) electrons. The number of carbonyl (C=O) groups excluding carboxylic acids is 2. The summed E-state index contributed by atoms with van der Waals surface area (Å²) in [4.78, 5) is 32.0. The van der Waals surface area contributed by atoms with Crippen molar-refractivity contribution < 1.29 is 14.3 Å². The van der Waals surface area contributed by atoms with Crippen molar-refractivity contribution in [2.45, 2.75) is 31.8 Å². The number of likely N-dealkylation sites (tertiary alicyclic amines) is 1. The van der Waals surface area contributed by atoms with Crippen molar-refractivity contribution in [1.82, 2.24) is 19.7 Å². The SMILES string of the molecule is Cc1c(C(=O)N2CCC3(CC2)CC(=O)c2cc(Cl)ccc2O3)cnn1-c1ccccn1. The van der Waals surface area contributed by atoms with Gasteiger partial charge in [0.25, 0.3) is 5.91 Å². The third-order valence-electron chi connectivity index (χ3n) is 6.12. The summed E-state index contributed by atoms with van der Waals surface area (Å²) in [7, 11) is 0. The van der Waals surface area contributed by atoms with E-state index < -0.39 is 5.60 Å². The lowest BCUT2D eigenvalue weighted by molar-refractivity contribution is -0.00571. The highest BCUT2D eigenvalue weighted by Crippen LogP contribution is 2.40. The lowest BCUT2D eigenvalue weighted by atomic mass is 9.82. The Balaban J connectivity index is 1.31. The maximum atomic E-state index is 13.2. The zero-order chi connectivity index (χ0) is 21.6. The molecular weight excluding hydrogens is 416 g/mol. The van der Waals surface area contributed by atoms with Gasteiger partial charge in [-0.15, -0.1) is 0 Å². The number of nitrogens with zero attached hydrogens (tertiary/aromatic N) is 4. The van der Waals surface area contributed by atoms with Crippen LogP contribution >= 0.6 is 11.6 Å². The average molecular weight is 437 g/mol. The number of aromatic nitrogens is 3. The average Bonchev–Trinajstić information content (AvgIpc) is 3.16. The number of piperidine rings is 1. The van der Waals surface area contributed by atoms with Crippen molar-refractivity contribution in [3.05, 3.63) is 70.6 Å². The molecule has 2 aromatic heterocycles. The number of carbonyl (C=O) groups is 2.